The van der Waals surface area contributed by atoms with E-state index in [9.17, 15) is 4.79 Å². The fraction of sp³-hybridized carbons (Fsp3) is 0.500. The van der Waals surface area contributed by atoms with Gasteiger partial charge in [-0.05, 0) is 0 Å². The average Bonchev–Trinajstić information content (AvgIpc) is 2.62. The zero-order valence-corrected chi connectivity index (χ0v) is 6.23. The van der Waals surface area contributed by atoms with Crippen LogP contribution >= 0.6 is 0 Å². The quantitative estimate of drug-likeness (QED) is 0.567. The Labute approximate surface area is 69.1 Å². The van der Waals surface area contributed by atoms with Crippen molar-refractivity contribution in [2.45, 2.75) is 18.6 Å². The van der Waals surface area contributed by atoms with Crippen molar-refractivity contribution in [3.05, 3.63) is 12.2 Å². The molecule has 1 fully saturated rings. The SMILES string of the molecule is N#CC1(C(=O)O)CC2C=CC1O2. The number of rotatable bonds is 1. The lowest BCUT2D eigenvalue weighted by molar-refractivity contribution is -0.146. The number of carbonyl (C=O) groups is 1. The molecule has 3 atom stereocenters. The fourth-order valence-corrected chi connectivity index (χ4v) is 1.70. The Balaban J connectivity index is 2.40. The van der Waals surface area contributed by atoms with Gasteiger partial charge in [-0.25, -0.2) is 0 Å². The van der Waals surface area contributed by atoms with E-state index < -0.39 is 17.5 Å². The molecule has 0 aromatic heterocycles. The first-order chi connectivity index (χ1) is 5.69. The van der Waals surface area contributed by atoms with E-state index in [1.165, 1.54) is 0 Å². The maximum absolute atomic E-state index is 10.8. The molecule has 0 spiro atoms. The normalized spacial score (nSPS) is 42.9. The van der Waals surface area contributed by atoms with Gasteiger partial charge >= 0.3 is 5.97 Å². The minimum atomic E-state index is -1.33. The van der Waals surface area contributed by atoms with Gasteiger partial charge in [0.1, 0.15) is 6.10 Å². The van der Waals surface area contributed by atoms with Crippen molar-refractivity contribution in [2.24, 2.45) is 5.41 Å². The molecular weight excluding hydrogens is 158 g/mol. The van der Waals surface area contributed by atoms with Crippen molar-refractivity contribution < 1.29 is 14.6 Å². The van der Waals surface area contributed by atoms with Crippen molar-refractivity contribution in [3.8, 4) is 6.07 Å². The van der Waals surface area contributed by atoms with Crippen molar-refractivity contribution in [1.29, 1.82) is 5.26 Å². The van der Waals surface area contributed by atoms with E-state index in [1.54, 1.807) is 6.08 Å². The third kappa shape index (κ3) is 0.664. The summed E-state index contributed by atoms with van der Waals surface area (Å²) >= 11 is 0. The Morgan fingerprint density at radius 2 is 2.50 bits per heavy atom. The highest BCUT2D eigenvalue weighted by molar-refractivity contribution is 5.80. The smallest absolute Gasteiger partial charge is 0.327 e. The highest BCUT2D eigenvalue weighted by Gasteiger charge is 2.56. The molecule has 1 saturated heterocycles. The molecule has 4 nitrogen and oxygen atoms in total. The van der Waals surface area contributed by atoms with Crippen LogP contribution in [0.4, 0.5) is 0 Å². The van der Waals surface area contributed by atoms with Crippen LogP contribution in [0.15, 0.2) is 12.2 Å². The van der Waals surface area contributed by atoms with E-state index in [4.69, 9.17) is 15.1 Å². The number of hydrogen-bond donors (Lipinski definition) is 1. The van der Waals surface area contributed by atoms with Gasteiger partial charge in [0.25, 0.3) is 0 Å². The Bertz CT molecular complexity index is 304. The van der Waals surface area contributed by atoms with Gasteiger partial charge in [-0.1, -0.05) is 12.2 Å². The minimum Gasteiger partial charge on any atom is -0.480 e. The first-order valence-electron chi connectivity index (χ1n) is 3.67. The first-order valence-corrected chi connectivity index (χ1v) is 3.67. The van der Waals surface area contributed by atoms with E-state index in [-0.39, 0.29) is 12.5 Å². The molecule has 12 heavy (non-hydrogen) atoms. The lowest BCUT2D eigenvalue weighted by Gasteiger charge is -2.19. The van der Waals surface area contributed by atoms with Crippen LogP contribution in [0.5, 0.6) is 0 Å². The number of ether oxygens (including phenoxy) is 1. The number of carboxylic acids is 1. The molecule has 4 heteroatoms. The molecule has 62 valence electrons. The van der Waals surface area contributed by atoms with Gasteiger partial charge in [0, 0.05) is 6.42 Å². The van der Waals surface area contributed by atoms with E-state index in [2.05, 4.69) is 0 Å². The summed E-state index contributed by atoms with van der Waals surface area (Å²) < 4.78 is 5.23. The second-order valence-corrected chi connectivity index (χ2v) is 3.07. The molecule has 0 saturated carbocycles. The summed E-state index contributed by atoms with van der Waals surface area (Å²) in [6.07, 6.45) is 3.02. The van der Waals surface area contributed by atoms with Gasteiger partial charge in [0.15, 0.2) is 5.41 Å². The number of aliphatic carboxylic acids is 1. The van der Waals surface area contributed by atoms with Gasteiger partial charge in [-0.3, -0.25) is 4.79 Å². The Morgan fingerprint density at radius 1 is 1.75 bits per heavy atom. The molecule has 2 heterocycles. The molecule has 0 aromatic rings. The molecule has 1 N–H and O–H groups in total. The van der Waals surface area contributed by atoms with Crippen molar-refractivity contribution in [2.75, 3.05) is 0 Å². The molecule has 2 rings (SSSR count). The van der Waals surface area contributed by atoms with Crippen LogP contribution in [0.1, 0.15) is 6.42 Å². The van der Waals surface area contributed by atoms with Crippen LogP contribution in [0.25, 0.3) is 0 Å². The number of fused-ring (bicyclic) bond motifs is 2. The van der Waals surface area contributed by atoms with E-state index in [1.807, 2.05) is 12.1 Å². The molecular formula is C8H7NO3. The lowest BCUT2D eigenvalue weighted by Crippen LogP contribution is -2.37. The standard InChI is InChI=1S/C8H7NO3/c9-4-8(7(10)11)3-5-1-2-6(8)12-5/h1-2,5-6H,3H2,(H,10,11). The Hall–Kier alpha value is -1.34. The molecule has 2 bridgehead atoms. The second kappa shape index (κ2) is 2.08. The summed E-state index contributed by atoms with van der Waals surface area (Å²) in [5.74, 6) is -1.08. The minimum absolute atomic E-state index is 0.175. The summed E-state index contributed by atoms with van der Waals surface area (Å²) in [7, 11) is 0. The Morgan fingerprint density at radius 3 is 2.75 bits per heavy atom. The maximum Gasteiger partial charge on any atom is 0.327 e. The van der Waals surface area contributed by atoms with Crippen LogP contribution in [-0.2, 0) is 9.53 Å². The average molecular weight is 165 g/mol. The van der Waals surface area contributed by atoms with Crippen LogP contribution in [0.2, 0.25) is 0 Å². The molecule has 3 unspecified atom stereocenters. The maximum atomic E-state index is 10.8. The number of carboxylic acid groups (broad SMARTS) is 1. The van der Waals surface area contributed by atoms with Gasteiger partial charge < -0.3 is 9.84 Å². The predicted molar refractivity (Wildman–Crippen MR) is 38.1 cm³/mol. The topological polar surface area (TPSA) is 70.3 Å². The summed E-state index contributed by atoms with van der Waals surface area (Å²) in [5, 5.41) is 17.6. The van der Waals surface area contributed by atoms with Crippen LogP contribution in [-0.4, -0.2) is 23.3 Å². The van der Waals surface area contributed by atoms with Gasteiger partial charge in [-0.2, -0.15) is 5.26 Å². The van der Waals surface area contributed by atoms with Crippen LogP contribution < -0.4 is 0 Å². The van der Waals surface area contributed by atoms with Gasteiger partial charge in [0.2, 0.25) is 0 Å². The Kier molecular flexibility index (Phi) is 1.27. The highest BCUT2D eigenvalue weighted by Crippen LogP contribution is 2.43. The molecule has 2 aliphatic rings. The van der Waals surface area contributed by atoms with E-state index >= 15 is 0 Å². The van der Waals surface area contributed by atoms with Crippen LogP contribution in [0, 0.1) is 16.7 Å². The van der Waals surface area contributed by atoms with Crippen LogP contribution in [0.3, 0.4) is 0 Å². The molecule has 0 amide bonds. The molecule has 0 radical (unpaired) electrons. The first kappa shape index (κ1) is 7.32. The summed E-state index contributed by atoms with van der Waals surface area (Å²) in [4.78, 5) is 10.8. The van der Waals surface area contributed by atoms with E-state index in [0.29, 0.717) is 0 Å². The zero-order valence-electron chi connectivity index (χ0n) is 6.23. The molecule has 2 aliphatic heterocycles. The van der Waals surface area contributed by atoms with Gasteiger partial charge in [0.05, 0.1) is 12.2 Å². The van der Waals surface area contributed by atoms with Crippen molar-refractivity contribution >= 4 is 5.97 Å². The summed E-state index contributed by atoms with van der Waals surface area (Å²) in [6.45, 7) is 0. The van der Waals surface area contributed by atoms with E-state index in [0.717, 1.165) is 0 Å². The van der Waals surface area contributed by atoms with Gasteiger partial charge in [-0.15, -0.1) is 0 Å². The fourth-order valence-electron chi connectivity index (χ4n) is 1.70. The number of hydrogen-bond acceptors (Lipinski definition) is 3. The summed E-state index contributed by atoms with van der Waals surface area (Å²) in [5.41, 5.74) is -1.33. The second-order valence-electron chi connectivity index (χ2n) is 3.07. The largest absolute Gasteiger partial charge is 0.480 e. The number of nitrogens with zero attached hydrogens (tertiary/aromatic N) is 1. The third-order valence-electron chi connectivity index (χ3n) is 2.41. The predicted octanol–water partition coefficient (Wildman–Crippen LogP) is 0.308. The molecule has 0 aromatic carbocycles. The zero-order chi connectivity index (χ0) is 8.77. The third-order valence-corrected chi connectivity index (χ3v) is 2.41. The van der Waals surface area contributed by atoms with Crippen molar-refractivity contribution in [3.63, 3.8) is 0 Å². The van der Waals surface area contributed by atoms with Crippen molar-refractivity contribution in [1.82, 2.24) is 0 Å². The number of nitriles is 1. The monoisotopic (exact) mass is 165 g/mol. The lowest BCUT2D eigenvalue weighted by atomic mass is 9.78. The molecule has 0 aliphatic carbocycles. The summed E-state index contributed by atoms with van der Waals surface area (Å²) in [6, 6.07) is 1.83. The highest BCUT2D eigenvalue weighted by atomic mass is 16.5.